The highest BCUT2D eigenvalue weighted by Gasteiger charge is 2.09. The molecule has 0 bridgehead atoms. The maximum Gasteiger partial charge on any atom is 0.227 e. The van der Waals surface area contributed by atoms with Gasteiger partial charge in [-0.05, 0) is 18.2 Å². The van der Waals surface area contributed by atoms with Crippen LogP contribution in [0.3, 0.4) is 0 Å². The van der Waals surface area contributed by atoms with Gasteiger partial charge in [0.1, 0.15) is 0 Å². The van der Waals surface area contributed by atoms with Crippen LogP contribution >= 0.6 is 11.6 Å². The van der Waals surface area contributed by atoms with Crippen LogP contribution in [0.2, 0.25) is 5.02 Å². The van der Waals surface area contributed by atoms with Crippen molar-refractivity contribution in [2.75, 3.05) is 5.32 Å². The van der Waals surface area contributed by atoms with Gasteiger partial charge < -0.3 is 9.88 Å². The minimum atomic E-state index is 0.487. The molecule has 0 aromatic carbocycles. The first kappa shape index (κ1) is 12.6. The van der Waals surface area contributed by atoms with Crippen molar-refractivity contribution in [3.63, 3.8) is 0 Å². The van der Waals surface area contributed by atoms with E-state index >= 15 is 0 Å². The summed E-state index contributed by atoms with van der Waals surface area (Å²) in [5.74, 6) is 0.487. The molecule has 0 amide bonds. The smallest absolute Gasteiger partial charge is 0.227 e. The average Bonchev–Trinajstić information content (AvgIpc) is 2.89. The summed E-state index contributed by atoms with van der Waals surface area (Å²) in [6.45, 7) is 0. The molecule has 0 radical (unpaired) electrons. The lowest BCUT2D eigenvalue weighted by Crippen LogP contribution is -1.98. The van der Waals surface area contributed by atoms with Crippen LogP contribution in [-0.4, -0.2) is 19.5 Å². The molecule has 0 fully saturated rings. The molecule has 0 saturated carbocycles. The van der Waals surface area contributed by atoms with Gasteiger partial charge in [-0.15, -0.1) is 0 Å². The molecule has 3 aromatic heterocycles. The number of aryl methyl sites for hydroxylation is 1. The van der Waals surface area contributed by atoms with Gasteiger partial charge in [0.15, 0.2) is 0 Å². The molecule has 5 nitrogen and oxygen atoms in total. The van der Waals surface area contributed by atoms with Crippen LogP contribution in [0, 0.1) is 0 Å². The van der Waals surface area contributed by atoms with Crippen LogP contribution in [0.4, 0.5) is 11.6 Å². The minimum Gasteiger partial charge on any atom is -0.357 e. The number of rotatable bonds is 3. The lowest BCUT2D eigenvalue weighted by molar-refractivity contribution is 0.928. The summed E-state index contributed by atoms with van der Waals surface area (Å²) in [5.41, 5.74) is 2.48. The van der Waals surface area contributed by atoms with Gasteiger partial charge in [-0.3, -0.25) is 4.98 Å². The molecule has 100 valence electrons. The highest BCUT2D eigenvalue weighted by atomic mass is 35.5. The summed E-state index contributed by atoms with van der Waals surface area (Å²) in [6.07, 6.45) is 8.92. The van der Waals surface area contributed by atoms with E-state index in [1.165, 1.54) is 0 Å². The first-order valence-electron chi connectivity index (χ1n) is 6.04. The van der Waals surface area contributed by atoms with Gasteiger partial charge in [-0.1, -0.05) is 11.6 Å². The Labute approximate surface area is 121 Å². The molecule has 0 aliphatic heterocycles. The van der Waals surface area contributed by atoms with Crippen molar-refractivity contribution < 1.29 is 0 Å². The van der Waals surface area contributed by atoms with Crippen molar-refractivity contribution in [1.82, 2.24) is 19.5 Å². The van der Waals surface area contributed by atoms with E-state index in [1.54, 1.807) is 18.6 Å². The summed E-state index contributed by atoms with van der Waals surface area (Å²) in [4.78, 5) is 12.7. The van der Waals surface area contributed by atoms with Crippen molar-refractivity contribution >= 4 is 23.2 Å². The Morgan fingerprint density at radius 3 is 2.85 bits per heavy atom. The van der Waals surface area contributed by atoms with E-state index in [0.29, 0.717) is 16.7 Å². The zero-order chi connectivity index (χ0) is 13.9. The molecule has 0 unspecified atom stereocenters. The average molecular weight is 286 g/mol. The zero-order valence-corrected chi connectivity index (χ0v) is 11.5. The Morgan fingerprint density at radius 1 is 1.25 bits per heavy atom. The highest BCUT2D eigenvalue weighted by molar-refractivity contribution is 6.32. The second-order valence-corrected chi connectivity index (χ2v) is 4.73. The van der Waals surface area contributed by atoms with Gasteiger partial charge in [-0.25, -0.2) is 9.97 Å². The van der Waals surface area contributed by atoms with E-state index < -0.39 is 0 Å². The number of hydrogen-bond acceptors (Lipinski definition) is 4. The van der Waals surface area contributed by atoms with Crippen molar-refractivity contribution in [3.05, 3.63) is 54.2 Å². The largest absolute Gasteiger partial charge is 0.357 e. The van der Waals surface area contributed by atoms with Crippen LogP contribution < -0.4 is 5.32 Å². The summed E-state index contributed by atoms with van der Waals surface area (Å²) in [6, 6.07) is 5.70. The van der Waals surface area contributed by atoms with Crippen molar-refractivity contribution in [3.8, 4) is 11.3 Å². The third-order valence-corrected chi connectivity index (χ3v) is 3.04. The minimum absolute atomic E-state index is 0.487. The topological polar surface area (TPSA) is 55.6 Å². The standard InChI is InChI=1S/C14H12ClN5/c1-20-6-4-10(9-20)13-12(15)8-17-14(19-13)18-11-3-2-5-16-7-11/h2-9H,1H3,(H,17,18,19). The Hall–Kier alpha value is -2.40. The predicted octanol–water partition coefficient (Wildman–Crippen LogP) is 3.27. The van der Waals surface area contributed by atoms with Crippen LogP contribution in [0.1, 0.15) is 0 Å². The maximum absolute atomic E-state index is 6.17. The molecule has 0 spiro atoms. The van der Waals surface area contributed by atoms with Gasteiger partial charge >= 0.3 is 0 Å². The monoisotopic (exact) mass is 285 g/mol. The fourth-order valence-corrected chi connectivity index (χ4v) is 2.04. The lowest BCUT2D eigenvalue weighted by atomic mass is 10.2. The SMILES string of the molecule is Cn1ccc(-c2nc(Nc3cccnc3)ncc2Cl)c1. The van der Waals surface area contributed by atoms with Crippen molar-refractivity contribution in [2.24, 2.45) is 7.05 Å². The van der Waals surface area contributed by atoms with Crippen LogP contribution in [0.25, 0.3) is 11.3 Å². The van der Waals surface area contributed by atoms with E-state index in [1.807, 2.05) is 42.2 Å². The normalized spacial score (nSPS) is 10.5. The predicted molar refractivity (Wildman–Crippen MR) is 79.0 cm³/mol. The molecule has 20 heavy (non-hydrogen) atoms. The Kier molecular flexibility index (Phi) is 3.35. The van der Waals surface area contributed by atoms with Crippen LogP contribution in [0.15, 0.2) is 49.2 Å². The van der Waals surface area contributed by atoms with E-state index in [0.717, 1.165) is 11.3 Å². The summed E-state index contributed by atoms with van der Waals surface area (Å²) >= 11 is 6.17. The van der Waals surface area contributed by atoms with Crippen molar-refractivity contribution in [1.29, 1.82) is 0 Å². The fourth-order valence-electron chi connectivity index (χ4n) is 1.84. The van der Waals surface area contributed by atoms with Gasteiger partial charge in [0.2, 0.25) is 5.95 Å². The Bertz CT molecular complexity index is 723. The molecule has 0 aliphatic carbocycles. The molecule has 6 heteroatoms. The van der Waals surface area contributed by atoms with E-state index in [9.17, 15) is 0 Å². The number of nitrogens with one attached hydrogen (secondary N) is 1. The molecule has 0 aliphatic rings. The van der Waals surface area contributed by atoms with Crippen LogP contribution in [0.5, 0.6) is 0 Å². The second kappa shape index (κ2) is 5.30. The highest BCUT2D eigenvalue weighted by Crippen LogP contribution is 2.26. The third kappa shape index (κ3) is 2.62. The second-order valence-electron chi connectivity index (χ2n) is 4.32. The molecule has 0 atom stereocenters. The fraction of sp³-hybridized carbons (Fsp3) is 0.0714. The van der Waals surface area contributed by atoms with E-state index in [-0.39, 0.29) is 0 Å². The molecule has 0 saturated heterocycles. The van der Waals surface area contributed by atoms with Gasteiger partial charge in [0.25, 0.3) is 0 Å². The van der Waals surface area contributed by atoms with Gasteiger partial charge in [-0.2, -0.15) is 0 Å². The Balaban J connectivity index is 1.94. The summed E-state index contributed by atoms with van der Waals surface area (Å²) in [5, 5.41) is 3.62. The summed E-state index contributed by atoms with van der Waals surface area (Å²) in [7, 11) is 1.95. The molecule has 3 aromatic rings. The Morgan fingerprint density at radius 2 is 2.15 bits per heavy atom. The summed E-state index contributed by atoms with van der Waals surface area (Å²) < 4.78 is 1.95. The number of hydrogen-bond donors (Lipinski definition) is 1. The zero-order valence-electron chi connectivity index (χ0n) is 10.8. The number of aromatic nitrogens is 4. The lowest BCUT2D eigenvalue weighted by Gasteiger charge is -2.06. The molecule has 3 rings (SSSR count). The number of nitrogens with zero attached hydrogens (tertiary/aromatic N) is 4. The first-order valence-corrected chi connectivity index (χ1v) is 6.42. The van der Waals surface area contributed by atoms with Gasteiger partial charge in [0.05, 0.1) is 28.8 Å². The third-order valence-electron chi connectivity index (χ3n) is 2.77. The van der Waals surface area contributed by atoms with Gasteiger partial charge in [0, 0.05) is 31.2 Å². The first-order chi connectivity index (χ1) is 9.72. The molecular weight excluding hydrogens is 274 g/mol. The maximum atomic E-state index is 6.17. The number of anilines is 2. The quantitative estimate of drug-likeness (QED) is 0.802. The van der Waals surface area contributed by atoms with E-state index in [4.69, 9.17) is 11.6 Å². The number of halogens is 1. The molecule has 3 heterocycles. The molecule has 1 N–H and O–H groups in total. The molecular formula is C14H12ClN5. The van der Waals surface area contributed by atoms with Crippen molar-refractivity contribution in [2.45, 2.75) is 0 Å². The van der Waals surface area contributed by atoms with E-state index in [2.05, 4.69) is 20.3 Å². The van der Waals surface area contributed by atoms with Crippen LogP contribution in [-0.2, 0) is 7.05 Å². The number of pyridine rings is 1.